The molecule has 0 saturated carbocycles. The van der Waals surface area contributed by atoms with E-state index in [2.05, 4.69) is 59.9 Å². The molecule has 0 unspecified atom stereocenters. The molecule has 102 valence electrons. The molecule has 0 spiro atoms. The van der Waals surface area contributed by atoms with E-state index < -0.39 is 0 Å². The predicted octanol–water partition coefficient (Wildman–Crippen LogP) is 4.30. The maximum absolute atomic E-state index is 6.13. The van der Waals surface area contributed by atoms with Crippen LogP contribution in [-0.4, -0.2) is 9.55 Å². The van der Waals surface area contributed by atoms with Gasteiger partial charge in [0.05, 0.1) is 11.0 Å². The number of nitrogens with zero attached hydrogens (tertiary/aromatic N) is 2. The van der Waals surface area contributed by atoms with Crippen LogP contribution in [0.25, 0.3) is 16.7 Å². The fourth-order valence-corrected chi connectivity index (χ4v) is 2.85. The molecule has 2 N–H and O–H groups in total. The lowest BCUT2D eigenvalue weighted by atomic mass is 10.1. The molecular formula is C16H16BrN3. The normalized spacial score (nSPS) is 11.2. The van der Waals surface area contributed by atoms with Gasteiger partial charge in [-0.2, -0.15) is 0 Å². The lowest BCUT2D eigenvalue weighted by Crippen LogP contribution is -2.02. The third-order valence-corrected chi connectivity index (χ3v) is 4.83. The highest BCUT2D eigenvalue weighted by Crippen LogP contribution is 2.29. The van der Waals surface area contributed by atoms with Gasteiger partial charge < -0.3 is 5.73 Å². The fourth-order valence-electron chi connectivity index (χ4n) is 2.63. The topological polar surface area (TPSA) is 43.8 Å². The standard InChI is InChI=1S/C16H16BrN3/c1-9-5-4-6-13-15(9)20(16(18)19-13)12-7-10(2)14(17)11(3)8-12/h4-8H,1-3H3,(H2,18,19). The molecule has 0 aliphatic heterocycles. The van der Waals surface area contributed by atoms with Crippen molar-refractivity contribution in [1.29, 1.82) is 0 Å². The molecule has 0 radical (unpaired) electrons. The van der Waals surface area contributed by atoms with Crippen molar-refractivity contribution >= 4 is 32.9 Å². The van der Waals surface area contributed by atoms with Crippen molar-refractivity contribution in [3.8, 4) is 5.69 Å². The van der Waals surface area contributed by atoms with E-state index in [0.29, 0.717) is 5.95 Å². The number of hydrogen-bond donors (Lipinski definition) is 1. The number of rotatable bonds is 1. The molecule has 4 heteroatoms. The summed E-state index contributed by atoms with van der Waals surface area (Å²) in [5, 5.41) is 0. The summed E-state index contributed by atoms with van der Waals surface area (Å²) in [4.78, 5) is 4.46. The Balaban J connectivity index is 2.38. The average Bonchev–Trinajstić information content (AvgIpc) is 2.73. The van der Waals surface area contributed by atoms with Crippen molar-refractivity contribution in [3.05, 3.63) is 51.5 Å². The summed E-state index contributed by atoms with van der Waals surface area (Å²) in [7, 11) is 0. The van der Waals surface area contributed by atoms with E-state index in [1.54, 1.807) is 0 Å². The zero-order valence-electron chi connectivity index (χ0n) is 11.7. The van der Waals surface area contributed by atoms with Crippen molar-refractivity contribution in [3.63, 3.8) is 0 Å². The maximum atomic E-state index is 6.13. The number of nitrogens with two attached hydrogens (primary N) is 1. The van der Waals surface area contributed by atoms with Crippen molar-refractivity contribution < 1.29 is 0 Å². The van der Waals surface area contributed by atoms with Crippen molar-refractivity contribution in [2.24, 2.45) is 0 Å². The van der Waals surface area contributed by atoms with Crippen LogP contribution in [0.5, 0.6) is 0 Å². The second kappa shape index (κ2) is 4.63. The van der Waals surface area contributed by atoms with E-state index >= 15 is 0 Å². The highest BCUT2D eigenvalue weighted by Gasteiger charge is 2.13. The molecular weight excluding hydrogens is 314 g/mol. The molecule has 1 heterocycles. The van der Waals surface area contributed by atoms with Gasteiger partial charge in [0, 0.05) is 10.2 Å². The highest BCUT2D eigenvalue weighted by molar-refractivity contribution is 9.10. The number of nitrogen functional groups attached to an aromatic ring is 1. The Bertz CT molecular complexity index is 795. The quantitative estimate of drug-likeness (QED) is 0.723. The number of aromatic nitrogens is 2. The highest BCUT2D eigenvalue weighted by atomic mass is 79.9. The number of imidazole rings is 1. The Morgan fingerprint density at radius 3 is 2.35 bits per heavy atom. The van der Waals surface area contributed by atoms with Gasteiger partial charge in [-0.05, 0) is 55.7 Å². The summed E-state index contributed by atoms with van der Waals surface area (Å²) >= 11 is 3.60. The third-order valence-electron chi connectivity index (χ3n) is 3.58. The van der Waals surface area contributed by atoms with E-state index in [1.165, 1.54) is 16.7 Å². The third kappa shape index (κ3) is 1.91. The van der Waals surface area contributed by atoms with Crippen LogP contribution in [0.2, 0.25) is 0 Å². The summed E-state index contributed by atoms with van der Waals surface area (Å²) in [6.45, 7) is 6.25. The molecule has 1 aromatic heterocycles. The van der Waals surface area contributed by atoms with Crippen LogP contribution in [0, 0.1) is 20.8 Å². The van der Waals surface area contributed by atoms with Crippen molar-refractivity contribution in [1.82, 2.24) is 9.55 Å². The SMILES string of the molecule is Cc1cc(-n2c(N)nc3cccc(C)c32)cc(C)c1Br. The molecule has 0 fully saturated rings. The minimum Gasteiger partial charge on any atom is -0.369 e. The first-order valence-corrected chi connectivity index (χ1v) is 7.29. The molecule has 3 nitrogen and oxygen atoms in total. The molecule has 0 bridgehead atoms. The predicted molar refractivity (Wildman–Crippen MR) is 87.4 cm³/mol. The molecule has 3 aromatic rings. The summed E-state index contributed by atoms with van der Waals surface area (Å²) in [6.07, 6.45) is 0. The van der Waals surface area contributed by atoms with Crippen LogP contribution >= 0.6 is 15.9 Å². The van der Waals surface area contributed by atoms with Gasteiger partial charge >= 0.3 is 0 Å². The number of anilines is 1. The fraction of sp³-hybridized carbons (Fsp3) is 0.188. The monoisotopic (exact) mass is 329 g/mol. The van der Waals surface area contributed by atoms with Gasteiger partial charge in [-0.15, -0.1) is 0 Å². The van der Waals surface area contributed by atoms with Crippen LogP contribution < -0.4 is 5.73 Å². The first-order valence-electron chi connectivity index (χ1n) is 6.49. The van der Waals surface area contributed by atoms with Gasteiger partial charge in [0.2, 0.25) is 5.95 Å². The average molecular weight is 330 g/mol. The Kier molecular flexibility index (Phi) is 3.05. The lowest BCUT2D eigenvalue weighted by molar-refractivity contribution is 1.09. The van der Waals surface area contributed by atoms with Crippen molar-refractivity contribution in [2.75, 3.05) is 5.73 Å². The number of para-hydroxylation sites is 1. The minimum absolute atomic E-state index is 0.524. The molecule has 2 aromatic carbocycles. The maximum Gasteiger partial charge on any atom is 0.205 e. The molecule has 0 aliphatic carbocycles. The zero-order chi connectivity index (χ0) is 14.4. The first-order chi connectivity index (χ1) is 9.49. The van der Waals surface area contributed by atoms with E-state index in [4.69, 9.17) is 5.73 Å². The van der Waals surface area contributed by atoms with Crippen LogP contribution in [0.15, 0.2) is 34.8 Å². The molecule has 3 rings (SSSR count). The van der Waals surface area contributed by atoms with E-state index in [-0.39, 0.29) is 0 Å². The second-order valence-corrected chi connectivity index (χ2v) is 5.93. The zero-order valence-corrected chi connectivity index (χ0v) is 13.3. The smallest absolute Gasteiger partial charge is 0.205 e. The van der Waals surface area contributed by atoms with Crippen LogP contribution in [0.4, 0.5) is 5.95 Å². The van der Waals surface area contributed by atoms with E-state index in [0.717, 1.165) is 21.2 Å². The second-order valence-electron chi connectivity index (χ2n) is 5.14. The van der Waals surface area contributed by atoms with Gasteiger partial charge in [-0.3, -0.25) is 4.57 Å². The first kappa shape index (κ1) is 13.2. The number of aryl methyl sites for hydroxylation is 3. The van der Waals surface area contributed by atoms with Gasteiger partial charge in [0.25, 0.3) is 0 Å². The number of fused-ring (bicyclic) bond motifs is 1. The summed E-state index contributed by atoms with van der Waals surface area (Å²) in [5.41, 5.74) is 12.7. The molecule has 0 saturated heterocycles. The van der Waals surface area contributed by atoms with Crippen LogP contribution in [0.3, 0.4) is 0 Å². The number of benzene rings is 2. The molecule has 0 amide bonds. The number of halogens is 1. The van der Waals surface area contributed by atoms with Crippen LogP contribution in [0.1, 0.15) is 16.7 Å². The lowest BCUT2D eigenvalue weighted by Gasteiger charge is -2.12. The Morgan fingerprint density at radius 2 is 1.70 bits per heavy atom. The summed E-state index contributed by atoms with van der Waals surface area (Å²) in [5.74, 6) is 0.524. The van der Waals surface area contributed by atoms with Gasteiger partial charge in [0.15, 0.2) is 0 Å². The van der Waals surface area contributed by atoms with E-state index in [1.807, 2.05) is 16.7 Å². The Morgan fingerprint density at radius 1 is 1.05 bits per heavy atom. The van der Waals surface area contributed by atoms with Gasteiger partial charge in [0.1, 0.15) is 0 Å². The molecule has 0 aliphatic rings. The van der Waals surface area contributed by atoms with Crippen molar-refractivity contribution in [2.45, 2.75) is 20.8 Å². The molecule has 20 heavy (non-hydrogen) atoms. The van der Waals surface area contributed by atoms with Gasteiger partial charge in [-0.1, -0.05) is 28.1 Å². The summed E-state index contributed by atoms with van der Waals surface area (Å²) < 4.78 is 3.16. The van der Waals surface area contributed by atoms with Crippen LogP contribution in [-0.2, 0) is 0 Å². The molecule has 0 atom stereocenters. The Labute approximate surface area is 126 Å². The largest absolute Gasteiger partial charge is 0.369 e. The van der Waals surface area contributed by atoms with Gasteiger partial charge in [-0.25, -0.2) is 4.98 Å². The van der Waals surface area contributed by atoms with E-state index in [9.17, 15) is 0 Å². The number of hydrogen-bond acceptors (Lipinski definition) is 2. The Hall–Kier alpha value is -1.81. The summed E-state index contributed by atoms with van der Waals surface area (Å²) in [6, 6.07) is 10.3. The minimum atomic E-state index is 0.524.